The third-order valence-corrected chi connectivity index (χ3v) is 3.22. The van der Waals surface area contributed by atoms with E-state index in [-0.39, 0.29) is 18.4 Å². The van der Waals surface area contributed by atoms with Crippen molar-refractivity contribution in [2.24, 2.45) is 0 Å². The minimum atomic E-state index is -0.595. The van der Waals surface area contributed by atoms with Gasteiger partial charge in [0.05, 0.1) is 6.54 Å². The fourth-order valence-corrected chi connectivity index (χ4v) is 2.17. The van der Waals surface area contributed by atoms with Crippen molar-refractivity contribution in [1.29, 1.82) is 0 Å². The summed E-state index contributed by atoms with van der Waals surface area (Å²) in [6.45, 7) is 2.54. The van der Waals surface area contributed by atoms with Gasteiger partial charge in [-0.25, -0.2) is 0 Å². The van der Waals surface area contributed by atoms with Crippen LogP contribution >= 0.6 is 11.6 Å². The number of ether oxygens (including phenoxy) is 1. The highest BCUT2D eigenvalue weighted by molar-refractivity contribution is 6.30. The molecule has 1 aromatic rings. The molecular formula is C14H17ClN2O3. The number of benzene rings is 1. The van der Waals surface area contributed by atoms with Crippen LogP contribution in [0.4, 0.5) is 0 Å². The number of halogens is 1. The molecule has 0 saturated heterocycles. The van der Waals surface area contributed by atoms with Crippen molar-refractivity contribution in [3.8, 4) is 5.75 Å². The zero-order chi connectivity index (χ0) is 14.5. The summed E-state index contributed by atoms with van der Waals surface area (Å²) in [5, 5.41) is 5.88. The Balaban J connectivity index is 1.82. The zero-order valence-electron chi connectivity index (χ0n) is 11.2. The Labute approximate surface area is 122 Å². The summed E-state index contributed by atoms with van der Waals surface area (Å²) in [7, 11) is 0. The molecule has 1 aliphatic heterocycles. The maximum absolute atomic E-state index is 11.9. The summed E-state index contributed by atoms with van der Waals surface area (Å²) in [6.07, 6.45) is 0.738. The fraction of sp³-hybridized carbons (Fsp3) is 0.429. The number of carbonyl (C=O) groups excluding carboxylic acids is 2. The molecule has 0 aliphatic carbocycles. The van der Waals surface area contributed by atoms with Crippen molar-refractivity contribution in [2.45, 2.75) is 25.9 Å². The molecule has 2 rings (SSSR count). The molecule has 1 aromatic carbocycles. The van der Waals surface area contributed by atoms with Crippen LogP contribution in [0.1, 0.15) is 18.9 Å². The van der Waals surface area contributed by atoms with Crippen molar-refractivity contribution < 1.29 is 14.3 Å². The van der Waals surface area contributed by atoms with E-state index >= 15 is 0 Å². The van der Waals surface area contributed by atoms with E-state index in [2.05, 4.69) is 10.6 Å². The van der Waals surface area contributed by atoms with E-state index < -0.39 is 6.10 Å². The SMILES string of the molecule is CCCNC(=O)CNC(=O)[C@@H]1Cc2cc(Cl)ccc2O1. The van der Waals surface area contributed by atoms with Gasteiger partial charge in [-0.3, -0.25) is 9.59 Å². The zero-order valence-corrected chi connectivity index (χ0v) is 12.0. The molecule has 0 radical (unpaired) electrons. The van der Waals surface area contributed by atoms with Gasteiger partial charge in [0.1, 0.15) is 5.75 Å². The Morgan fingerprint density at radius 2 is 2.20 bits per heavy atom. The predicted octanol–water partition coefficient (Wildman–Crippen LogP) is 1.29. The molecule has 1 aliphatic rings. The van der Waals surface area contributed by atoms with Crippen LogP contribution in [-0.4, -0.2) is 31.0 Å². The molecule has 108 valence electrons. The van der Waals surface area contributed by atoms with Gasteiger partial charge in [-0.15, -0.1) is 0 Å². The first-order chi connectivity index (χ1) is 9.60. The van der Waals surface area contributed by atoms with Gasteiger partial charge < -0.3 is 15.4 Å². The summed E-state index contributed by atoms with van der Waals surface area (Å²) in [4.78, 5) is 23.3. The molecule has 0 fully saturated rings. The maximum atomic E-state index is 11.9. The van der Waals surface area contributed by atoms with Gasteiger partial charge in [0, 0.05) is 18.0 Å². The van der Waals surface area contributed by atoms with Crippen molar-refractivity contribution in [3.63, 3.8) is 0 Å². The van der Waals surface area contributed by atoms with E-state index in [9.17, 15) is 9.59 Å². The second-order valence-electron chi connectivity index (χ2n) is 4.63. The molecule has 1 atom stereocenters. The van der Waals surface area contributed by atoms with Gasteiger partial charge in [-0.05, 0) is 30.2 Å². The topological polar surface area (TPSA) is 67.4 Å². The van der Waals surface area contributed by atoms with Crippen LogP contribution < -0.4 is 15.4 Å². The Morgan fingerprint density at radius 1 is 1.40 bits per heavy atom. The fourth-order valence-electron chi connectivity index (χ4n) is 1.97. The maximum Gasteiger partial charge on any atom is 0.261 e. The van der Waals surface area contributed by atoms with E-state index in [4.69, 9.17) is 16.3 Å². The average Bonchev–Trinajstić information content (AvgIpc) is 2.85. The molecule has 6 heteroatoms. The van der Waals surface area contributed by atoms with E-state index in [0.29, 0.717) is 23.7 Å². The summed E-state index contributed by atoms with van der Waals surface area (Å²) in [5.41, 5.74) is 0.910. The standard InChI is InChI=1S/C14H17ClN2O3/c1-2-5-16-13(18)8-17-14(19)12-7-9-6-10(15)3-4-11(9)20-12/h3-4,6,12H,2,5,7-8H2,1H3,(H,16,18)(H,17,19)/t12-/m0/s1. The average molecular weight is 297 g/mol. The molecule has 0 aromatic heterocycles. The molecular weight excluding hydrogens is 280 g/mol. The molecule has 1 heterocycles. The van der Waals surface area contributed by atoms with Crippen LogP contribution in [0.3, 0.4) is 0 Å². The molecule has 2 N–H and O–H groups in total. The Kier molecular flexibility index (Phi) is 4.84. The number of hydrogen-bond acceptors (Lipinski definition) is 3. The van der Waals surface area contributed by atoms with Gasteiger partial charge in [0.25, 0.3) is 5.91 Å². The second kappa shape index (κ2) is 6.61. The Bertz CT molecular complexity index is 519. The number of carbonyl (C=O) groups is 2. The highest BCUT2D eigenvalue weighted by Gasteiger charge is 2.29. The summed E-state index contributed by atoms with van der Waals surface area (Å²) in [5.74, 6) is 0.188. The van der Waals surface area contributed by atoms with Crippen LogP contribution in [0.5, 0.6) is 5.75 Å². The van der Waals surface area contributed by atoms with Crippen LogP contribution in [0.15, 0.2) is 18.2 Å². The van der Waals surface area contributed by atoms with E-state index in [1.54, 1.807) is 18.2 Å². The molecule has 2 amide bonds. The molecule has 0 bridgehead atoms. The first-order valence-electron chi connectivity index (χ1n) is 6.59. The first kappa shape index (κ1) is 14.7. The number of rotatable bonds is 5. The monoisotopic (exact) mass is 296 g/mol. The van der Waals surface area contributed by atoms with E-state index in [1.165, 1.54) is 0 Å². The van der Waals surface area contributed by atoms with Crippen LogP contribution in [0.2, 0.25) is 5.02 Å². The largest absolute Gasteiger partial charge is 0.480 e. The van der Waals surface area contributed by atoms with E-state index in [0.717, 1.165) is 12.0 Å². The third-order valence-electron chi connectivity index (χ3n) is 2.98. The summed E-state index contributed by atoms with van der Waals surface area (Å²) >= 11 is 5.89. The normalized spacial score (nSPS) is 16.2. The lowest BCUT2D eigenvalue weighted by atomic mass is 10.1. The predicted molar refractivity (Wildman–Crippen MR) is 75.9 cm³/mol. The van der Waals surface area contributed by atoms with Crippen molar-refractivity contribution in [3.05, 3.63) is 28.8 Å². The minimum Gasteiger partial charge on any atom is -0.480 e. The minimum absolute atomic E-state index is 0.0319. The first-order valence-corrected chi connectivity index (χ1v) is 6.97. The lowest BCUT2D eigenvalue weighted by Gasteiger charge is -2.11. The third kappa shape index (κ3) is 3.63. The number of fused-ring (bicyclic) bond motifs is 1. The summed E-state index contributed by atoms with van der Waals surface area (Å²) < 4.78 is 5.53. The van der Waals surface area contributed by atoms with Crippen molar-refractivity contribution in [1.82, 2.24) is 10.6 Å². The summed E-state index contributed by atoms with van der Waals surface area (Å²) in [6, 6.07) is 5.26. The Morgan fingerprint density at radius 3 is 2.95 bits per heavy atom. The van der Waals surface area contributed by atoms with Crippen molar-refractivity contribution in [2.75, 3.05) is 13.1 Å². The van der Waals surface area contributed by atoms with Gasteiger partial charge >= 0.3 is 0 Å². The quantitative estimate of drug-likeness (QED) is 0.860. The van der Waals surface area contributed by atoms with Crippen LogP contribution in [-0.2, 0) is 16.0 Å². The smallest absolute Gasteiger partial charge is 0.261 e. The molecule has 0 spiro atoms. The molecule has 0 saturated carbocycles. The van der Waals surface area contributed by atoms with Gasteiger partial charge in [0.2, 0.25) is 5.91 Å². The molecule has 5 nitrogen and oxygen atoms in total. The number of hydrogen-bond donors (Lipinski definition) is 2. The van der Waals surface area contributed by atoms with Crippen molar-refractivity contribution >= 4 is 23.4 Å². The number of nitrogens with one attached hydrogen (secondary N) is 2. The number of amides is 2. The van der Waals surface area contributed by atoms with E-state index in [1.807, 2.05) is 6.92 Å². The van der Waals surface area contributed by atoms with Crippen LogP contribution in [0.25, 0.3) is 0 Å². The van der Waals surface area contributed by atoms with Gasteiger partial charge in [-0.2, -0.15) is 0 Å². The van der Waals surface area contributed by atoms with Gasteiger partial charge in [-0.1, -0.05) is 18.5 Å². The lowest BCUT2D eigenvalue weighted by Crippen LogP contribution is -2.43. The highest BCUT2D eigenvalue weighted by atomic mass is 35.5. The lowest BCUT2D eigenvalue weighted by molar-refractivity contribution is -0.130. The molecule has 0 unspecified atom stereocenters. The van der Waals surface area contributed by atoms with Crippen LogP contribution in [0, 0.1) is 0 Å². The van der Waals surface area contributed by atoms with Gasteiger partial charge in [0.15, 0.2) is 6.10 Å². The Hall–Kier alpha value is -1.75. The second-order valence-corrected chi connectivity index (χ2v) is 5.07. The highest BCUT2D eigenvalue weighted by Crippen LogP contribution is 2.30. The molecule has 20 heavy (non-hydrogen) atoms.